The van der Waals surface area contributed by atoms with Crippen LogP contribution in [-0.2, 0) is 14.6 Å². The van der Waals surface area contributed by atoms with Gasteiger partial charge in [0.05, 0.1) is 11.5 Å². The molecule has 0 aliphatic carbocycles. The highest BCUT2D eigenvalue weighted by Gasteiger charge is 2.33. The predicted molar refractivity (Wildman–Crippen MR) is 79.1 cm³/mol. The summed E-state index contributed by atoms with van der Waals surface area (Å²) in [7, 11) is -2.77. The minimum absolute atomic E-state index is 0.344. The van der Waals surface area contributed by atoms with Crippen LogP contribution in [0.1, 0.15) is 39.5 Å². The molecule has 0 aromatic rings. The van der Waals surface area contributed by atoms with Crippen LogP contribution in [0.5, 0.6) is 0 Å². The van der Waals surface area contributed by atoms with E-state index in [0.29, 0.717) is 23.3 Å². The van der Waals surface area contributed by atoms with Gasteiger partial charge in [0.1, 0.15) is 0 Å². The van der Waals surface area contributed by atoms with Crippen molar-refractivity contribution >= 4 is 9.84 Å². The van der Waals surface area contributed by atoms with Crippen LogP contribution in [0.15, 0.2) is 0 Å². The molecule has 0 aromatic carbocycles. The largest absolute Gasteiger partial charge is 0.382 e. The quantitative estimate of drug-likeness (QED) is 0.624. The van der Waals surface area contributed by atoms with Crippen LogP contribution >= 0.6 is 0 Å². The number of ether oxygens (including phenoxy) is 1. The van der Waals surface area contributed by atoms with Gasteiger partial charge < -0.3 is 10.1 Å². The zero-order valence-electron chi connectivity index (χ0n) is 12.4. The molecular weight excluding hydrogens is 262 g/mol. The van der Waals surface area contributed by atoms with E-state index >= 15 is 0 Å². The lowest BCUT2D eigenvalue weighted by atomic mass is 9.88. The highest BCUT2D eigenvalue weighted by Crippen LogP contribution is 2.28. The number of sulfone groups is 1. The number of nitrogens with one attached hydrogen (secondary N) is 1. The first kappa shape index (κ1) is 16.9. The topological polar surface area (TPSA) is 55.4 Å². The van der Waals surface area contributed by atoms with E-state index in [-0.39, 0.29) is 0 Å². The van der Waals surface area contributed by atoms with Gasteiger partial charge in [0.15, 0.2) is 9.84 Å². The zero-order chi connectivity index (χ0) is 14.1. The third kappa shape index (κ3) is 6.72. The van der Waals surface area contributed by atoms with Gasteiger partial charge in [-0.1, -0.05) is 6.92 Å². The van der Waals surface area contributed by atoms with E-state index in [9.17, 15) is 8.42 Å². The molecule has 2 atom stereocenters. The number of hydrogen-bond donors (Lipinski definition) is 1. The van der Waals surface area contributed by atoms with E-state index in [1.165, 1.54) is 0 Å². The van der Waals surface area contributed by atoms with Crippen molar-refractivity contribution in [3.8, 4) is 0 Å². The summed E-state index contributed by atoms with van der Waals surface area (Å²) in [5.41, 5.74) is 0. The lowest BCUT2D eigenvalue weighted by molar-refractivity contribution is 0.136. The van der Waals surface area contributed by atoms with Crippen molar-refractivity contribution in [2.75, 3.05) is 37.8 Å². The molecule has 4 nitrogen and oxygen atoms in total. The van der Waals surface area contributed by atoms with Gasteiger partial charge in [0.2, 0.25) is 0 Å². The Kier molecular flexibility index (Phi) is 7.95. The first-order valence-corrected chi connectivity index (χ1v) is 9.40. The van der Waals surface area contributed by atoms with Crippen LogP contribution in [0, 0.1) is 11.8 Å². The summed E-state index contributed by atoms with van der Waals surface area (Å²) in [5.74, 6) is 1.59. The molecule has 1 heterocycles. The SMILES string of the molecule is CCCNCC(CCCOCC)C1CCS(=O)(=O)C1. The molecule has 114 valence electrons. The Balaban J connectivity index is 2.39. The lowest BCUT2D eigenvalue weighted by Gasteiger charge is -2.23. The number of hydrogen-bond acceptors (Lipinski definition) is 4. The van der Waals surface area contributed by atoms with Gasteiger partial charge in [-0.2, -0.15) is 0 Å². The van der Waals surface area contributed by atoms with Gasteiger partial charge in [-0.25, -0.2) is 8.42 Å². The second kappa shape index (κ2) is 8.93. The molecule has 0 radical (unpaired) electrons. The van der Waals surface area contributed by atoms with Gasteiger partial charge >= 0.3 is 0 Å². The monoisotopic (exact) mass is 291 g/mol. The first-order chi connectivity index (χ1) is 9.09. The Morgan fingerprint density at radius 2 is 2.16 bits per heavy atom. The summed E-state index contributed by atoms with van der Waals surface area (Å²) in [6.07, 6.45) is 4.06. The highest BCUT2D eigenvalue weighted by atomic mass is 32.2. The third-order valence-electron chi connectivity index (χ3n) is 3.84. The summed E-state index contributed by atoms with van der Waals surface area (Å²) in [5, 5.41) is 3.44. The summed E-state index contributed by atoms with van der Waals surface area (Å²) in [6, 6.07) is 0. The molecule has 0 saturated carbocycles. The summed E-state index contributed by atoms with van der Waals surface area (Å²) < 4.78 is 28.6. The minimum Gasteiger partial charge on any atom is -0.382 e. The van der Waals surface area contributed by atoms with Gasteiger partial charge in [-0.3, -0.25) is 0 Å². The Morgan fingerprint density at radius 1 is 1.37 bits per heavy atom. The maximum absolute atomic E-state index is 11.6. The second-order valence-corrected chi connectivity index (χ2v) is 7.70. The van der Waals surface area contributed by atoms with E-state index < -0.39 is 9.84 Å². The Labute approximate surface area is 118 Å². The molecular formula is C14H29NO3S. The summed E-state index contributed by atoms with van der Waals surface area (Å²) >= 11 is 0. The van der Waals surface area contributed by atoms with Crippen molar-refractivity contribution in [1.82, 2.24) is 5.32 Å². The fourth-order valence-corrected chi connectivity index (χ4v) is 4.68. The van der Waals surface area contributed by atoms with Crippen molar-refractivity contribution in [2.45, 2.75) is 39.5 Å². The molecule has 0 amide bonds. The van der Waals surface area contributed by atoms with E-state index in [2.05, 4.69) is 12.2 Å². The zero-order valence-corrected chi connectivity index (χ0v) is 13.2. The maximum Gasteiger partial charge on any atom is 0.150 e. The first-order valence-electron chi connectivity index (χ1n) is 7.58. The molecule has 1 fully saturated rings. The average molecular weight is 291 g/mol. The molecule has 1 rings (SSSR count). The molecule has 1 aliphatic rings. The van der Waals surface area contributed by atoms with Crippen LogP contribution in [-0.4, -0.2) is 46.2 Å². The third-order valence-corrected chi connectivity index (χ3v) is 5.63. The molecule has 5 heteroatoms. The fourth-order valence-electron chi connectivity index (χ4n) is 2.76. The normalized spacial score (nSPS) is 23.6. The fraction of sp³-hybridized carbons (Fsp3) is 1.00. The van der Waals surface area contributed by atoms with Crippen LogP contribution in [0.2, 0.25) is 0 Å². The highest BCUT2D eigenvalue weighted by molar-refractivity contribution is 7.91. The Hall–Kier alpha value is -0.130. The Bertz CT molecular complexity index is 330. The van der Waals surface area contributed by atoms with E-state index in [1.54, 1.807) is 0 Å². The second-order valence-electron chi connectivity index (χ2n) is 5.47. The van der Waals surface area contributed by atoms with Gasteiger partial charge in [-0.15, -0.1) is 0 Å². The molecule has 1 aliphatic heterocycles. The van der Waals surface area contributed by atoms with Gasteiger partial charge in [0, 0.05) is 13.2 Å². The predicted octanol–water partition coefficient (Wildman–Crippen LogP) is 1.85. The van der Waals surface area contributed by atoms with Crippen molar-refractivity contribution in [3.05, 3.63) is 0 Å². The lowest BCUT2D eigenvalue weighted by Crippen LogP contribution is -2.29. The molecule has 2 unspecified atom stereocenters. The molecule has 0 spiro atoms. The van der Waals surface area contributed by atoms with Gasteiger partial charge in [-0.05, 0) is 57.5 Å². The summed E-state index contributed by atoms with van der Waals surface area (Å²) in [6.45, 7) is 7.67. The standard InChI is InChI=1S/C14H29NO3S/c1-3-8-15-11-13(6-5-9-18-4-2)14-7-10-19(16,17)12-14/h13-15H,3-12H2,1-2H3. The van der Waals surface area contributed by atoms with Crippen LogP contribution in [0.3, 0.4) is 0 Å². The van der Waals surface area contributed by atoms with E-state index in [1.807, 2.05) is 6.92 Å². The number of rotatable bonds is 10. The minimum atomic E-state index is -2.77. The van der Waals surface area contributed by atoms with Gasteiger partial charge in [0.25, 0.3) is 0 Å². The van der Waals surface area contributed by atoms with E-state index in [4.69, 9.17) is 4.74 Å². The Morgan fingerprint density at radius 3 is 2.74 bits per heavy atom. The van der Waals surface area contributed by atoms with Crippen molar-refractivity contribution in [3.63, 3.8) is 0 Å². The van der Waals surface area contributed by atoms with E-state index in [0.717, 1.165) is 52.0 Å². The molecule has 19 heavy (non-hydrogen) atoms. The molecule has 0 aromatic heterocycles. The van der Waals surface area contributed by atoms with Crippen molar-refractivity contribution in [1.29, 1.82) is 0 Å². The van der Waals surface area contributed by atoms with Crippen molar-refractivity contribution < 1.29 is 13.2 Å². The summed E-state index contributed by atoms with van der Waals surface area (Å²) in [4.78, 5) is 0. The molecule has 1 N–H and O–H groups in total. The smallest absolute Gasteiger partial charge is 0.150 e. The van der Waals surface area contributed by atoms with Crippen LogP contribution in [0.25, 0.3) is 0 Å². The maximum atomic E-state index is 11.6. The average Bonchev–Trinajstić information content (AvgIpc) is 2.73. The van der Waals surface area contributed by atoms with Crippen LogP contribution < -0.4 is 5.32 Å². The molecule has 1 saturated heterocycles. The molecule has 0 bridgehead atoms. The van der Waals surface area contributed by atoms with Crippen LogP contribution in [0.4, 0.5) is 0 Å². The van der Waals surface area contributed by atoms with Crippen molar-refractivity contribution in [2.24, 2.45) is 11.8 Å².